The molecule has 19 heavy (non-hydrogen) atoms. The van der Waals surface area contributed by atoms with Crippen LogP contribution in [0.3, 0.4) is 0 Å². The molecule has 0 bridgehead atoms. The van der Waals surface area contributed by atoms with Crippen molar-refractivity contribution in [2.45, 2.75) is 19.4 Å². The Morgan fingerprint density at radius 2 is 2.05 bits per heavy atom. The number of anilines is 1. The predicted octanol–water partition coefficient (Wildman–Crippen LogP) is 1.36. The minimum absolute atomic E-state index is 0.324. The van der Waals surface area contributed by atoms with E-state index >= 15 is 0 Å². The smallest absolute Gasteiger partial charge is 0.0940 e. The fourth-order valence-electron chi connectivity index (χ4n) is 2.44. The summed E-state index contributed by atoms with van der Waals surface area (Å²) in [5.74, 6) is 0. The minimum atomic E-state index is -0.324. The van der Waals surface area contributed by atoms with Gasteiger partial charge in [-0.1, -0.05) is 12.1 Å². The minimum Gasteiger partial charge on any atom is -0.369 e. The normalized spacial score (nSPS) is 18.1. The number of hydrogen-bond donors (Lipinski definition) is 1. The van der Waals surface area contributed by atoms with Crippen molar-refractivity contribution < 1.29 is 0 Å². The summed E-state index contributed by atoms with van der Waals surface area (Å²) in [4.78, 5) is 4.82. The Kier molecular flexibility index (Phi) is 4.78. The molecule has 0 amide bonds. The van der Waals surface area contributed by atoms with Gasteiger partial charge in [-0.3, -0.25) is 4.90 Å². The van der Waals surface area contributed by atoms with Crippen LogP contribution in [0, 0.1) is 18.3 Å². The van der Waals surface area contributed by atoms with Gasteiger partial charge < -0.3 is 10.6 Å². The SMILES string of the molecule is Cc1cccc(N2CCN(CCC(N)C#N)CC2)c1. The second-order valence-corrected chi connectivity index (χ2v) is 5.19. The lowest BCUT2D eigenvalue weighted by molar-refractivity contribution is 0.252. The zero-order valence-corrected chi connectivity index (χ0v) is 11.5. The molecule has 2 rings (SSSR count). The highest BCUT2D eigenvalue weighted by atomic mass is 15.3. The van der Waals surface area contributed by atoms with Gasteiger partial charge in [0.1, 0.15) is 0 Å². The molecule has 1 aliphatic heterocycles. The molecule has 0 aliphatic carbocycles. The van der Waals surface area contributed by atoms with Crippen molar-refractivity contribution in [1.29, 1.82) is 5.26 Å². The fourth-order valence-corrected chi connectivity index (χ4v) is 2.44. The van der Waals surface area contributed by atoms with Gasteiger partial charge >= 0.3 is 0 Å². The second kappa shape index (κ2) is 6.55. The Morgan fingerprint density at radius 3 is 2.68 bits per heavy atom. The second-order valence-electron chi connectivity index (χ2n) is 5.19. The van der Waals surface area contributed by atoms with Crippen molar-refractivity contribution >= 4 is 5.69 Å². The summed E-state index contributed by atoms with van der Waals surface area (Å²) in [7, 11) is 0. The number of hydrogen-bond acceptors (Lipinski definition) is 4. The first-order valence-corrected chi connectivity index (χ1v) is 6.88. The van der Waals surface area contributed by atoms with E-state index in [4.69, 9.17) is 11.0 Å². The van der Waals surface area contributed by atoms with Gasteiger partial charge in [0.15, 0.2) is 0 Å². The predicted molar refractivity (Wildman–Crippen MR) is 78.0 cm³/mol. The molecule has 2 N–H and O–H groups in total. The first kappa shape index (κ1) is 13.9. The maximum atomic E-state index is 8.68. The van der Waals surface area contributed by atoms with Crippen LogP contribution in [0.5, 0.6) is 0 Å². The lowest BCUT2D eigenvalue weighted by Gasteiger charge is -2.36. The van der Waals surface area contributed by atoms with Gasteiger partial charge in [-0.2, -0.15) is 5.26 Å². The Balaban J connectivity index is 1.81. The molecule has 102 valence electrons. The van der Waals surface area contributed by atoms with Crippen LogP contribution in [-0.2, 0) is 0 Å². The third-order valence-corrected chi connectivity index (χ3v) is 3.66. The average molecular weight is 258 g/mol. The number of benzene rings is 1. The van der Waals surface area contributed by atoms with Crippen LogP contribution in [-0.4, -0.2) is 43.7 Å². The summed E-state index contributed by atoms with van der Waals surface area (Å²) < 4.78 is 0. The summed E-state index contributed by atoms with van der Waals surface area (Å²) >= 11 is 0. The Hall–Kier alpha value is -1.57. The van der Waals surface area contributed by atoms with Crippen molar-refractivity contribution in [2.75, 3.05) is 37.6 Å². The van der Waals surface area contributed by atoms with Gasteiger partial charge in [-0.05, 0) is 31.0 Å². The first-order chi connectivity index (χ1) is 9.19. The quantitative estimate of drug-likeness (QED) is 0.886. The summed E-state index contributed by atoms with van der Waals surface area (Å²) in [6, 6.07) is 10.4. The largest absolute Gasteiger partial charge is 0.369 e. The van der Waals surface area contributed by atoms with E-state index in [-0.39, 0.29) is 6.04 Å². The van der Waals surface area contributed by atoms with Gasteiger partial charge in [-0.15, -0.1) is 0 Å². The van der Waals surface area contributed by atoms with E-state index in [2.05, 4.69) is 47.1 Å². The van der Waals surface area contributed by atoms with Crippen molar-refractivity contribution in [3.8, 4) is 6.07 Å². The molecule has 1 aromatic carbocycles. The van der Waals surface area contributed by atoms with Crippen molar-refractivity contribution in [3.05, 3.63) is 29.8 Å². The summed E-state index contributed by atoms with van der Waals surface area (Å²) in [5, 5.41) is 8.68. The highest BCUT2D eigenvalue weighted by molar-refractivity contribution is 5.48. The molecule has 1 unspecified atom stereocenters. The molecule has 0 aromatic heterocycles. The van der Waals surface area contributed by atoms with E-state index in [1.54, 1.807) is 0 Å². The lowest BCUT2D eigenvalue weighted by atomic mass is 10.2. The summed E-state index contributed by atoms with van der Waals surface area (Å²) in [5.41, 5.74) is 8.25. The van der Waals surface area contributed by atoms with E-state index in [0.717, 1.165) is 39.1 Å². The standard InChI is InChI=1S/C15H22N4/c1-13-3-2-4-15(11-13)19-9-7-18(8-10-19)6-5-14(17)12-16/h2-4,11,14H,5-10,17H2,1H3. The molecule has 0 spiro atoms. The molecular formula is C15H22N4. The Labute approximate surface area is 115 Å². The first-order valence-electron chi connectivity index (χ1n) is 6.88. The third kappa shape index (κ3) is 3.95. The summed E-state index contributed by atoms with van der Waals surface area (Å²) in [6.07, 6.45) is 0.765. The molecule has 1 heterocycles. The van der Waals surface area contributed by atoms with Gasteiger partial charge in [0.2, 0.25) is 0 Å². The molecule has 1 atom stereocenters. The number of nitrogens with zero attached hydrogens (tertiary/aromatic N) is 3. The van der Waals surface area contributed by atoms with Crippen LogP contribution in [0.2, 0.25) is 0 Å². The van der Waals surface area contributed by atoms with Crippen LogP contribution in [0.4, 0.5) is 5.69 Å². The molecule has 4 nitrogen and oxygen atoms in total. The maximum Gasteiger partial charge on any atom is 0.0940 e. The number of rotatable bonds is 4. The van der Waals surface area contributed by atoms with Crippen LogP contribution in [0.15, 0.2) is 24.3 Å². The number of piperazine rings is 1. The van der Waals surface area contributed by atoms with Gasteiger partial charge in [-0.25, -0.2) is 0 Å². The zero-order chi connectivity index (χ0) is 13.7. The Morgan fingerprint density at radius 1 is 1.32 bits per heavy atom. The monoisotopic (exact) mass is 258 g/mol. The molecule has 1 saturated heterocycles. The topological polar surface area (TPSA) is 56.3 Å². The molecular weight excluding hydrogens is 236 g/mol. The van der Waals surface area contributed by atoms with E-state index in [9.17, 15) is 0 Å². The molecule has 0 radical (unpaired) electrons. The molecule has 1 aromatic rings. The summed E-state index contributed by atoms with van der Waals surface area (Å²) in [6.45, 7) is 7.24. The molecule has 0 saturated carbocycles. The van der Waals surface area contributed by atoms with Crippen LogP contribution >= 0.6 is 0 Å². The fraction of sp³-hybridized carbons (Fsp3) is 0.533. The Bertz CT molecular complexity index is 444. The van der Waals surface area contributed by atoms with E-state index < -0.39 is 0 Å². The van der Waals surface area contributed by atoms with Crippen LogP contribution in [0.1, 0.15) is 12.0 Å². The molecule has 1 fully saturated rings. The molecule has 1 aliphatic rings. The number of nitriles is 1. The highest BCUT2D eigenvalue weighted by Gasteiger charge is 2.17. The van der Waals surface area contributed by atoms with Gasteiger partial charge in [0.25, 0.3) is 0 Å². The van der Waals surface area contributed by atoms with E-state index in [0.29, 0.717) is 0 Å². The van der Waals surface area contributed by atoms with Crippen LogP contribution in [0.25, 0.3) is 0 Å². The zero-order valence-electron chi connectivity index (χ0n) is 11.5. The highest BCUT2D eigenvalue weighted by Crippen LogP contribution is 2.17. The van der Waals surface area contributed by atoms with Gasteiger partial charge in [0, 0.05) is 38.4 Å². The van der Waals surface area contributed by atoms with Gasteiger partial charge in [0.05, 0.1) is 12.1 Å². The van der Waals surface area contributed by atoms with Crippen molar-refractivity contribution in [1.82, 2.24) is 4.90 Å². The molecule has 4 heteroatoms. The van der Waals surface area contributed by atoms with E-state index in [1.807, 2.05) is 0 Å². The van der Waals surface area contributed by atoms with E-state index in [1.165, 1.54) is 11.3 Å². The average Bonchev–Trinajstić information content (AvgIpc) is 2.45. The number of nitrogens with two attached hydrogens (primary N) is 1. The van der Waals surface area contributed by atoms with Crippen LogP contribution < -0.4 is 10.6 Å². The number of aryl methyl sites for hydroxylation is 1. The lowest BCUT2D eigenvalue weighted by Crippen LogP contribution is -2.47. The van der Waals surface area contributed by atoms with Crippen molar-refractivity contribution in [2.24, 2.45) is 5.73 Å². The van der Waals surface area contributed by atoms with Crippen molar-refractivity contribution in [3.63, 3.8) is 0 Å². The maximum absolute atomic E-state index is 8.68. The third-order valence-electron chi connectivity index (χ3n) is 3.66.